The smallest absolute Gasteiger partial charge is 0.151 e. The number of likely N-dealkylation sites (tertiary alicyclic amines) is 1. The highest BCUT2D eigenvalue weighted by Gasteiger charge is 2.41. The van der Waals surface area contributed by atoms with E-state index in [1.165, 1.54) is 45.3 Å². The number of nitrogens with one attached hydrogen (secondary N) is 1. The number of hydrogen-bond acceptors (Lipinski definition) is 7. The quantitative estimate of drug-likeness (QED) is 0.827. The van der Waals surface area contributed by atoms with Crippen molar-refractivity contribution in [2.45, 2.75) is 31.7 Å². The van der Waals surface area contributed by atoms with Crippen molar-refractivity contribution >= 4 is 11.6 Å². The number of ether oxygens (including phenoxy) is 2. The third-order valence-corrected chi connectivity index (χ3v) is 7.02. The molecule has 7 nitrogen and oxygen atoms in total. The van der Waals surface area contributed by atoms with E-state index in [0.717, 1.165) is 68.9 Å². The van der Waals surface area contributed by atoms with Crippen LogP contribution in [0.1, 0.15) is 25.7 Å². The first-order valence-electron chi connectivity index (χ1n) is 11.1. The molecule has 3 aliphatic heterocycles. The minimum absolute atomic E-state index is 0.545. The van der Waals surface area contributed by atoms with E-state index in [1.807, 2.05) is 0 Å². The summed E-state index contributed by atoms with van der Waals surface area (Å²) < 4.78 is 10.9. The summed E-state index contributed by atoms with van der Waals surface area (Å²) >= 11 is 0. The van der Waals surface area contributed by atoms with Crippen molar-refractivity contribution in [3.05, 3.63) is 12.1 Å². The monoisotopic (exact) mass is 387 g/mol. The van der Waals surface area contributed by atoms with E-state index >= 15 is 0 Å². The lowest BCUT2D eigenvalue weighted by Gasteiger charge is -2.28. The van der Waals surface area contributed by atoms with Gasteiger partial charge in [-0.2, -0.15) is 0 Å². The highest BCUT2D eigenvalue weighted by molar-refractivity contribution is 5.44. The molecule has 0 bridgehead atoms. The van der Waals surface area contributed by atoms with Crippen molar-refractivity contribution in [2.24, 2.45) is 17.8 Å². The maximum absolute atomic E-state index is 5.51. The Kier molecular flexibility index (Phi) is 5.65. The summed E-state index contributed by atoms with van der Waals surface area (Å²) in [6, 6.07) is 4.72. The minimum atomic E-state index is 0.545. The van der Waals surface area contributed by atoms with Gasteiger partial charge in [0.2, 0.25) is 0 Å². The lowest BCUT2D eigenvalue weighted by molar-refractivity contribution is 0.0545. The Morgan fingerprint density at radius 3 is 2.32 bits per heavy atom. The maximum Gasteiger partial charge on any atom is 0.151 e. The summed E-state index contributed by atoms with van der Waals surface area (Å²) in [6.07, 6.45) is 5.02. The van der Waals surface area contributed by atoms with Crippen LogP contribution in [0.5, 0.6) is 0 Å². The molecule has 0 amide bonds. The predicted octanol–water partition coefficient (Wildman–Crippen LogP) is 1.86. The predicted molar refractivity (Wildman–Crippen MR) is 109 cm³/mol. The summed E-state index contributed by atoms with van der Waals surface area (Å²) in [4.78, 5) is 4.96. The third kappa shape index (κ3) is 4.26. The largest absolute Gasteiger partial charge is 0.381 e. The fourth-order valence-corrected chi connectivity index (χ4v) is 5.53. The molecule has 1 saturated carbocycles. The summed E-state index contributed by atoms with van der Waals surface area (Å²) in [5.74, 6) is 4.42. The summed E-state index contributed by atoms with van der Waals surface area (Å²) in [6.45, 7) is 9.11. The second-order valence-electron chi connectivity index (χ2n) is 8.98. The molecule has 1 aliphatic carbocycles. The van der Waals surface area contributed by atoms with Crippen molar-refractivity contribution < 1.29 is 9.47 Å². The van der Waals surface area contributed by atoms with E-state index in [4.69, 9.17) is 9.47 Å². The van der Waals surface area contributed by atoms with Crippen molar-refractivity contribution in [1.29, 1.82) is 0 Å². The molecule has 1 aromatic heterocycles. The van der Waals surface area contributed by atoms with Crippen LogP contribution in [-0.2, 0) is 9.47 Å². The number of hydrogen-bond donors (Lipinski definition) is 1. The van der Waals surface area contributed by atoms with Gasteiger partial charge in [0.25, 0.3) is 0 Å². The highest BCUT2D eigenvalue weighted by atomic mass is 16.5. The number of nitrogens with zero attached hydrogens (tertiary/aromatic N) is 4. The normalized spacial score (nSPS) is 31.9. The Morgan fingerprint density at radius 1 is 0.929 bits per heavy atom. The molecule has 28 heavy (non-hydrogen) atoms. The lowest BCUT2D eigenvalue weighted by Crippen LogP contribution is -2.36. The van der Waals surface area contributed by atoms with E-state index < -0.39 is 0 Å². The van der Waals surface area contributed by atoms with Gasteiger partial charge >= 0.3 is 0 Å². The van der Waals surface area contributed by atoms with Gasteiger partial charge in [0.15, 0.2) is 5.82 Å². The number of morpholine rings is 1. The van der Waals surface area contributed by atoms with Crippen molar-refractivity contribution in [1.82, 2.24) is 15.1 Å². The fraction of sp³-hybridized carbons (Fsp3) is 0.810. The molecule has 0 radical (unpaired) electrons. The van der Waals surface area contributed by atoms with E-state index in [1.54, 1.807) is 0 Å². The Labute approximate surface area is 167 Å². The Hall–Kier alpha value is -1.44. The lowest BCUT2D eigenvalue weighted by atomic mass is 10.00. The molecular formula is C21H33N5O2. The zero-order valence-electron chi connectivity index (χ0n) is 16.8. The first-order valence-corrected chi connectivity index (χ1v) is 11.1. The molecule has 3 saturated heterocycles. The molecule has 0 spiro atoms. The molecule has 2 unspecified atom stereocenters. The van der Waals surface area contributed by atoms with Crippen molar-refractivity contribution in [3.8, 4) is 0 Å². The molecule has 5 rings (SSSR count). The van der Waals surface area contributed by atoms with Crippen molar-refractivity contribution in [3.63, 3.8) is 0 Å². The fourth-order valence-electron chi connectivity index (χ4n) is 5.53. The van der Waals surface area contributed by atoms with Crippen LogP contribution in [0.15, 0.2) is 12.1 Å². The van der Waals surface area contributed by atoms with Gasteiger partial charge in [-0.25, -0.2) is 0 Å². The average Bonchev–Trinajstić information content (AvgIpc) is 3.28. The van der Waals surface area contributed by atoms with Crippen LogP contribution in [0.2, 0.25) is 0 Å². The van der Waals surface area contributed by atoms with Gasteiger partial charge < -0.3 is 24.6 Å². The zero-order chi connectivity index (χ0) is 18.8. The van der Waals surface area contributed by atoms with Crippen molar-refractivity contribution in [2.75, 3.05) is 69.4 Å². The van der Waals surface area contributed by atoms with Gasteiger partial charge in [-0.3, -0.25) is 0 Å². The van der Waals surface area contributed by atoms with Crippen LogP contribution in [-0.4, -0.2) is 80.3 Å². The second kappa shape index (κ2) is 8.51. The van der Waals surface area contributed by atoms with Gasteiger partial charge in [0.1, 0.15) is 5.82 Å². The molecule has 4 aliphatic rings. The van der Waals surface area contributed by atoms with E-state index in [9.17, 15) is 0 Å². The van der Waals surface area contributed by atoms with Crippen LogP contribution >= 0.6 is 0 Å². The summed E-state index contributed by atoms with van der Waals surface area (Å²) in [5.41, 5.74) is 0. The Bertz CT molecular complexity index is 616. The Balaban J connectivity index is 1.09. The first kappa shape index (κ1) is 18.6. The van der Waals surface area contributed by atoms with E-state index in [-0.39, 0.29) is 0 Å². The first-order chi connectivity index (χ1) is 13.8. The van der Waals surface area contributed by atoms with Gasteiger partial charge in [-0.05, 0) is 55.6 Å². The van der Waals surface area contributed by atoms with Crippen LogP contribution in [0.3, 0.4) is 0 Å². The number of anilines is 2. The van der Waals surface area contributed by atoms with E-state index in [2.05, 4.69) is 37.4 Å². The maximum atomic E-state index is 5.51. The molecule has 1 N–H and O–H groups in total. The Morgan fingerprint density at radius 2 is 1.64 bits per heavy atom. The number of rotatable bonds is 5. The van der Waals surface area contributed by atoms with Crippen LogP contribution < -0.4 is 10.2 Å². The second-order valence-corrected chi connectivity index (χ2v) is 8.98. The summed E-state index contributed by atoms with van der Waals surface area (Å²) in [7, 11) is 0. The molecule has 154 valence electrons. The zero-order valence-corrected chi connectivity index (χ0v) is 16.8. The van der Waals surface area contributed by atoms with Crippen LogP contribution in [0.4, 0.5) is 11.6 Å². The van der Waals surface area contributed by atoms with E-state index in [0.29, 0.717) is 6.04 Å². The standard InChI is InChI=1S/C21H33N5O2/c1-2-21(26-5-9-28-10-6-26)24-23-20(1)22-19-11-17-14-25(15-18(17)12-19)13-16-3-7-27-8-4-16/h1-2,16-19H,3-15H2,(H,22,23). The molecule has 4 heterocycles. The topological polar surface area (TPSA) is 62.8 Å². The molecule has 2 atom stereocenters. The summed E-state index contributed by atoms with van der Waals surface area (Å²) in [5, 5.41) is 12.5. The minimum Gasteiger partial charge on any atom is -0.381 e. The van der Waals surface area contributed by atoms with Gasteiger partial charge in [0.05, 0.1) is 13.2 Å². The molecular weight excluding hydrogens is 354 g/mol. The number of aromatic nitrogens is 2. The average molecular weight is 388 g/mol. The molecule has 4 fully saturated rings. The number of fused-ring (bicyclic) bond motifs is 1. The van der Waals surface area contributed by atoms with Crippen LogP contribution in [0, 0.1) is 17.8 Å². The van der Waals surface area contributed by atoms with Crippen LogP contribution in [0.25, 0.3) is 0 Å². The molecule has 1 aromatic rings. The van der Waals surface area contributed by atoms with Gasteiger partial charge in [-0.1, -0.05) is 0 Å². The third-order valence-electron chi connectivity index (χ3n) is 7.02. The molecule has 7 heteroatoms. The SMILES string of the molecule is c1cc(N2CCOCC2)nnc1NC1CC2CN(CC3CCOCC3)CC2C1. The van der Waals surface area contributed by atoms with Gasteiger partial charge in [-0.15, -0.1) is 10.2 Å². The highest BCUT2D eigenvalue weighted by Crippen LogP contribution is 2.39. The molecule has 0 aromatic carbocycles. The van der Waals surface area contributed by atoms with Gasteiger partial charge in [0, 0.05) is 52.0 Å².